The Hall–Kier alpha value is -6.25. The highest BCUT2D eigenvalue weighted by Crippen LogP contribution is 2.45. The second kappa shape index (κ2) is 24.8. The Bertz CT molecular complexity index is 3360. The maximum atomic E-state index is 14.0. The number of halogens is 6. The van der Waals surface area contributed by atoms with Gasteiger partial charge in [0.05, 0.1) is 10.0 Å². The molecule has 4 aliphatic rings. The van der Waals surface area contributed by atoms with Crippen LogP contribution >= 0.6 is 93.1 Å². The lowest BCUT2D eigenvalue weighted by Gasteiger charge is -2.49. The van der Waals surface area contributed by atoms with Crippen molar-refractivity contribution in [1.29, 1.82) is 0 Å². The van der Waals surface area contributed by atoms with E-state index >= 15 is 0 Å². The molecule has 2 saturated heterocycles. The quantitative estimate of drug-likeness (QED) is 0.0611. The predicted octanol–water partition coefficient (Wildman–Crippen LogP) is 12.2. The van der Waals surface area contributed by atoms with Gasteiger partial charge < -0.3 is 39.8 Å². The van der Waals surface area contributed by atoms with Crippen molar-refractivity contribution in [3.05, 3.63) is 197 Å². The maximum absolute atomic E-state index is 14.0. The number of β-lactam (4-membered cyclic amide) rings is 2. The number of hydrogen-bond donors (Lipinski definition) is 3. The lowest BCUT2D eigenvalue weighted by molar-refractivity contribution is -0.153. The number of amides is 3. The van der Waals surface area contributed by atoms with Gasteiger partial charge in [0.1, 0.15) is 58.9 Å². The summed E-state index contributed by atoms with van der Waals surface area (Å²) >= 11 is 39.7. The summed E-state index contributed by atoms with van der Waals surface area (Å²) in [4.78, 5) is 65.4. The average Bonchev–Trinajstić information content (AvgIpc) is 3.58. The highest BCUT2D eigenvalue weighted by atomic mass is 35.5. The number of ether oxygens (including phenoxy) is 5. The molecule has 3 amide bonds. The number of fused-ring (bicyclic) bond motifs is 2. The summed E-state index contributed by atoms with van der Waals surface area (Å²) in [5, 5.41) is 13.8. The van der Waals surface area contributed by atoms with Crippen LogP contribution in [0.3, 0.4) is 0 Å². The van der Waals surface area contributed by atoms with E-state index in [1.54, 1.807) is 60.7 Å². The number of carboxylic acids is 1. The molecule has 0 aromatic heterocycles. The van der Waals surface area contributed by atoms with Gasteiger partial charge in [-0.25, -0.2) is 9.59 Å². The number of benzene rings is 6. The van der Waals surface area contributed by atoms with E-state index < -0.39 is 41.4 Å². The Morgan fingerprint density at radius 2 is 1.04 bits per heavy atom. The highest BCUT2D eigenvalue weighted by molar-refractivity contribution is 8.00. The molecule has 4 atom stereocenters. The number of aliphatic carboxylic acids is 1. The SMILES string of the molecule is CC(=O)N[C@@H]1C(=O)N2C(C(=O)O)=C(COc3cc(Cl)ccc3Oc3ccc(Cl)cc3Cl)CS[C@H]12.N[C@@H]1C(=O)N2C(C(=O)OC(c3ccccc3)c3ccccc3)=C(COc3cc(Cl)ccc3Oc3ccc(Cl)cc3Cl)CS[C@H]12. The monoisotopic (exact) mass is 1210 g/mol. The largest absolute Gasteiger partial charge is 0.485 e. The summed E-state index contributed by atoms with van der Waals surface area (Å²) in [6.07, 6.45) is -0.699. The summed E-state index contributed by atoms with van der Waals surface area (Å²) in [7, 11) is 0. The van der Waals surface area contributed by atoms with Gasteiger partial charge in [0, 0.05) is 61.8 Å². The molecular weight excluding hydrogens is 1170 g/mol. The van der Waals surface area contributed by atoms with Crippen molar-refractivity contribution in [2.45, 2.75) is 35.9 Å². The van der Waals surface area contributed by atoms with Crippen LogP contribution in [0.25, 0.3) is 0 Å². The van der Waals surface area contributed by atoms with E-state index in [4.69, 9.17) is 99.0 Å². The van der Waals surface area contributed by atoms with Crippen molar-refractivity contribution in [3.63, 3.8) is 0 Å². The van der Waals surface area contributed by atoms with Crippen molar-refractivity contribution in [1.82, 2.24) is 15.1 Å². The fourth-order valence-corrected chi connectivity index (χ4v) is 12.3. The Morgan fingerprint density at radius 3 is 1.50 bits per heavy atom. The third kappa shape index (κ3) is 12.6. The van der Waals surface area contributed by atoms with Crippen LogP contribution in [0.2, 0.25) is 30.1 Å². The lowest BCUT2D eigenvalue weighted by Crippen LogP contribution is -2.70. The molecule has 0 radical (unpaired) electrons. The second-order valence-corrected chi connectivity index (χ2v) is 22.2. The number of rotatable bonds is 16. The molecule has 4 aliphatic heterocycles. The minimum Gasteiger partial charge on any atom is -0.485 e. The van der Waals surface area contributed by atoms with Gasteiger partial charge in [0.25, 0.3) is 5.91 Å². The third-order valence-corrected chi connectivity index (χ3v) is 16.4. The number of carboxylic acid groups (broad SMARTS) is 1. The summed E-state index contributed by atoms with van der Waals surface area (Å²) in [5.41, 5.74) is 8.62. The van der Waals surface area contributed by atoms with Crippen LogP contribution in [0.15, 0.2) is 156 Å². The number of thioether (sulfide) groups is 2. The molecular formula is C55H42Cl6N4O11S2. The minimum atomic E-state index is -1.26. The summed E-state index contributed by atoms with van der Waals surface area (Å²) in [6, 6.07) is 36.7. The van der Waals surface area contributed by atoms with Gasteiger partial charge in [-0.15, -0.1) is 23.5 Å². The Labute approximate surface area is 485 Å². The molecule has 402 valence electrons. The zero-order valence-electron chi connectivity index (χ0n) is 40.5. The molecule has 0 aliphatic carbocycles. The van der Waals surface area contributed by atoms with Gasteiger partial charge >= 0.3 is 11.9 Å². The summed E-state index contributed by atoms with van der Waals surface area (Å²) < 4.78 is 30.1. The first-order valence-electron chi connectivity index (χ1n) is 23.5. The van der Waals surface area contributed by atoms with Gasteiger partial charge in [-0.3, -0.25) is 24.2 Å². The first-order valence-corrected chi connectivity index (χ1v) is 27.8. The number of carbonyl (C=O) groups is 5. The third-order valence-electron chi connectivity index (χ3n) is 12.2. The van der Waals surface area contributed by atoms with E-state index in [0.29, 0.717) is 81.5 Å². The zero-order valence-corrected chi connectivity index (χ0v) is 46.7. The minimum absolute atomic E-state index is 0.0461. The molecule has 10 rings (SSSR count). The van der Waals surface area contributed by atoms with Gasteiger partial charge in [-0.2, -0.15) is 0 Å². The number of nitrogens with one attached hydrogen (secondary N) is 1. The van der Waals surface area contributed by atoms with E-state index in [2.05, 4.69) is 5.32 Å². The van der Waals surface area contributed by atoms with Gasteiger partial charge in [-0.1, -0.05) is 130 Å². The number of carbonyl (C=O) groups excluding carboxylic acids is 4. The van der Waals surface area contributed by atoms with E-state index in [0.717, 1.165) is 11.1 Å². The van der Waals surface area contributed by atoms with E-state index in [1.165, 1.54) is 52.4 Å². The molecule has 23 heteroatoms. The average molecular weight is 1210 g/mol. The number of nitrogens with two attached hydrogens (primary N) is 1. The van der Waals surface area contributed by atoms with Crippen LogP contribution in [0, 0.1) is 0 Å². The topological polar surface area (TPSA) is 196 Å². The Kier molecular flexibility index (Phi) is 18.0. The molecule has 0 unspecified atom stereocenters. The Balaban J connectivity index is 0.000000196. The molecule has 0 spiro atoms. The number of nitrogens with zero attached hydrogens (tertiary/aromatic N) is 2. The van der Waals surface area contributed by atoms with Crippen LogP contribution in [0.5, 0.6) is 34.5 Å². The van der Waals surface area contributed by atoms with Gasteiger partial charge in [-0.05, 0) is 71.8 Å². The predicted molar refractivity (Wildman–Crippen MR) is 301 cm³/mol. The van der Waals surface area contributed by atoms with Crippen molar-refractivity contribution in [3.8, 4) is 34.5 Å². The molecule has 0 bridgehead atoms. The van der Waals surface area contributed by atoms with Crippen LogP contribution in [0.1, 0.15) is 24.2 Å². The Morgan fingerprint density at radius 1 is 0.603 bits per heavy atom. The van der Waals surface area contributed by atoms with Crippen LogP contribution in [-0.4, -0.2) is 92.1 Å². The molecule has 4 heterocycles. The molecule has 4 N–H and O–H groups in total. The second-order valence-electron chi connectivity index (χ2n) is 17.5. The number of esters is 1. The van der Waals surface area contributed by atoms with Crippen molar-refractivity contribution in [2.75, 3.05) is 24.7 Å². The van der Waals surface area contributed by atoms with E-state index in [1.807, 2.05) is 60.7 Å². The lowest BCUT2D eigenvalue weighted by atomic mass is 10.0. The van der Waals surface area contributed by atoms with E-state index in [9.17, 15) is 29.1 Å². The maximum Gasteiger partial charge on any atom is 0.356 e. The van der Waals surface area contributed by atoms with Crippen molar-refractivity contribution in [2.24, 2.45) is 5.73 Å². The number of hydrogen-bond acceptors (Lipinski definition) is 13. The van der Waals surface area contributed by atoms with Crippen molar-refractivity contribution >= 4 is 123 Å². The molecule has 6 aromatic carbocycles. The van der Waals surface area contributed by atoms with Crippen molar-refractivity contribution < 1.29 is 52.8 Å². The van der Waals surface area contributed by atoms with Crippen LogP contribution in [-0.2, 0) is 28.7 Å². The molecule has 2 fully saturated rings. The molecule has 6 aromatic rings. The van der Waals surface area contributed by atoms with Gasteiger partial charge in [0.15, 0.2) is 29.1 Å². The first kappa shape index (κ1) is 56.5. The first-order chi connectivity index (χ1) is 37.4. The normalized spacial score (nSPS) is 18.4. The fourth-order valence-electron chi connectivity index (χ4n) is 8.48. The highest BCUT2D eigenvalue weighted by Gasteiger charge is 2.54. The smallest absolute Gasteiger partial charge is 0.356 e. The standard InChI is InChI=1S/C33H25Cl3N2O5S.C22H17Cl3N2O6S/c34-22-11-13-25(24(36)15-22)42-26-14-12-23(35)16-27(26)41-17-21-18-44-32-28(37)31(39)38(32)29(21)33(40)43-30(19-7-3-1-4-8-19)20-9-5-2-6-10-20;1-10(28)26-18-20(29)27-19(22(30)31)11(9-34-21(18)27)8-32-17-7-13(24)3-5-16(17)33-15-4-2-12(23)6-14(15)25/h1-16,28,30,32H,17-18,37H2;2-7,18,21H,8-9H2,1H3,(H,26,28)(H,30,31)/t28-,32-;18-,21-/m11/s1. The summed E-state index contributed by atoms with van der Waals surface area (Å²) in [6.45, 7) is 1.13. The summed E-state index contributed by atoms with van der Waals surface area (Å²) in [5.74, 6) is -0.469. The van der Waals surface area contributed by atoms with Crippen LogP contribution < -0.4 is 30.0 Å². The zero-order chi connectivity index (χ0) is 55.4. The molecule has 15 nitrogen and oxygen atoms in total. The fraction of sp³-hybridized carbons (Fsp3) is 0.182. The molecule has 78 heavy (non-hydrogen) atoms. The van der Waals surface area contributed by atoms with E-state index in [-0.39, 0.29) is 47.5 Å². The van der Waals surface area contributed by atoms with Gasteiger partial charge in [0.2, 0.25) is 11.8 Å². The molecule has 0 saturated carbocycles. The van der Waals surface area contributed by atoms with Crippen LogP contribution in [0.4, 0.5) is 0 Å².